The molecule has 4 amide bonds. The van der Waals surface area contributed by atoms with Crippen LogP contribution in [0.5, 0.6) is 5.75 Å². The average molecular weight is 641 g/mol. The molecule has 228 valence electrons. The minimum atomic E-state index is -3.11. The van der Waals surface area contributed by atoms with Gasteiger partial charge in [0.1, 0.15) is 6.10 Å². The normalized spacial score (nSPS) is 21.8. The highest BCUT2D eigenvalue weighted by Gasteiger charge is 2.32. The molecule has 42 heavy (non-hydrogen) atoms. The first kappa shape index (κ1) is 31.9. The van der Waals surface area contributed by atoms with Gasteiger partial charge in [0.15, 0.2) is 21.4 Å². The molecular formula is C28H34ClFN4O6S2. The van der Waals surface area contributed by atoms with Gasteiger partial charge in [-0.15, -0.1) is 0 Å². The summed E-state index contributed by atoms with van der Waals surface area (Å²) in [5, 5.41) is 6.02. The van der Waals surface area contributed by atoms with Crippen LogP contribution in [0.15, 0.2) is 42.5 Å². The maximum atomic E-state index is 15.4. The zero-order valence-electron chi connectivity index (χ0n) is 22.8. The zero-order chi connectivity index (χ0) is 30.4. The van der Waals surface area contributed by atoms with Crippen LogP contribution in [0.4, 0.5) is 14.9 Å². The van der Waals surface area contributed by atoms with Crippen molar-refractivity contribution in [2.45, 2.75) is 62.8 Å². The van der Waals surface area contributed by atoms with E-state index in [1.165, 1.54) is 17.0 Å². The Hall–Kier alpha value is -3.03. The SMILES string of the molecule is NC(=O)C[C@@H](c1ccc(Cl)cc1)N(C(=O)CCS)c1ccc(O[C@@H]2CC[C@@H](NC(=O)N[C@@H]3CCS(=O)(=O)C3)C2)c(F)c1. The summed E-state index contributed by atoms with van der Waals surface area (Å²) >= 11 is 10.2. The van der Waals surface area contributed by atoms with Gasteiger partial charge in [-0.1, -0.05) is 23.7 Å². The van der Waals surface area contributed by atoms with Crippen LogP contribution in [0.2, 0.25) is 5.02 Å². The van der Waals surface area contributed by atoms with E-state index in [9.17, 15) is 22.8 Å². The Morgan fingerprint density at radius 2 is 1.81 bits per heavy atom. The Morgan fingerprint density at radius 3 is 2.43 bits per heavy atom. The second-order valence-corrected chi connectivity index (χ2v) is 13.7. The number of sulfone groups is 1. The van der Waals surface area contributed by atoms with Crippen LogP contribution in [0.3, 0.4) is 0 Å². The molecule has 1 aliphatic carbocycles. The van der Waals surface area contributed by atoms with E-state index >= 15 is 4.39 Å². The van der Waals surface area contributed by atoms with Crippen molar-refractivity contribution in [2.24, 2.45) is 5.73 Å². The topological polar surface area (TPSA) is 148 Å². The van der Waals surface area contributed by atoms with Crippen LogP contribution in [-0.4, -0.2) is 61.7 Å². The highest BCUT2D eigenvalue weighted by molar-refractivity contribution is 7.91. The number of rotatable bonds is 11. The molecule has 1 aliphatic heterocycles. The fourth-order valence-electron chi connectivity index (χ4n) is 5.36. The molecule has 2 aromatic carbocycles. The van der Waals surface area contributed by atoms with Crippen LogP contribution >= 0.6 is 24.2 Å². The lowest BCUT2D eigenvalue weighted by Crippen LogP contribution is -2.46. The Labute approximate surface area is 254 Å². The monoisotopic (exact) mass is 640 g/mol. The maximum absolute atomic E-state index is 15.4. The van der Waals surface area contributed by atoms with Crippen molar-refractivity contribution in [3.63, 3.8) is 0 Å². The fourth-order valence-corrected chi connectivity index (χ4v) is 7.35. The molecule has 0 spiro atoms. The number of hydrogen-bond donors (Lipinski definition) is 4. The van der Waals surface area contributed by atoms with Gasteiger partial charge in [-0.05, 0) is 54.8 Å². The number of thiol groups is 1. The lowest BCUT2D eigenvalue weighted by molar-refractivity contribution is -0.120. The number of hydrogen-bond acceptors (Lipinski definition) is 7. The third-order valence-electron chi connectivity index (χ3n) is 7.33. The van der Waals surface area contributed by atoms with Gasteiger partial charge in [-0.2, -0.15) is 12.6 Å². The Bertz CT molecular complexity index is 1410. The molecule has 1 saturated carbocycles. The van der Waals surface area contributed by atoms with Crippen molar-refractivity contribution in [1.82, 2.24) is 10.6 Å². The van der Waals surface area contributed by atoms with Gasteiger partial charge in [0, 0.05) is 41.7 Å². The van der Waals surface area contributed by atoms with Gasteiger partial charge >= 0.3 is 6.03 Å². The minimum absolute atomic E-state index is 0.00967. The van der Waals surface area contributed by atoms with E-state index in [0.29, 0.717) is 36.3 Å². The van der Waals surface area contributed by atoms with E-state index in [1.807, 2.05) is 0 Å². The number of halogens is 2. The Balaban J connectivity index is 1.44. The number of nitrogens with one attached hydrogen (secondary N) is 2. The van der Waals surface area contributed by atoms with Gasteiger partial charge < -0.3 is 26.0 Å². The van der Waals surface area contributed by atoms with Gasteiger partial charge in [0.05, 0.1) is 24.0 Å². The largest absolute Gasteiger partial charge is 0.487 e. The lowest BCUT2D eigenvalue weighted by Gasteiger charge is -2.32. The van der Waals surface area contributed by atoms with E-state index in [-0.39, 0.29) is 59.6 Å². The van der Waals surface area contributed by atoms with Gasteiger partial charge in [0.2, 0.25) is 11.8 Å². The number of nitrogens with two attached hydrogens (primary N) is 1. The molecular weight excluding hydrogens is 607 g/mol. The summed E-state index contributed by atoms with van der Waals surface area (Å²) in [6, 6.07) is 8.96. The predicted octanol–water partition coefficient (Wildman–Crippen LogP) is 3.53. The number of carbonyl (C=O) groups is 3. The van der Waals surface area contributed by atoms with E-state index in [1.54, 1.807) is 30.3 Å². The van der Waals surface area contributed by atoms with E-state index in [0.717, 1.165) is 0 Å². The van der Waals surface area contributed by atoms with Crippen LogP contribution in [0.1, 0.15) is 50.1 Å². The predicted molar refractivity (Wildman–Crippen MR) is 161 cm³/mol. The molecule has 0 radical (unpaired) electrons. The maximum Gasteiger partial charge on any atom is 0.315 e. The number of carbonyl (C=O) groups excluding carboxylic acids is 3. The second-order valence-electron chi connectivity index (χ2n) is 10.6. The first-order chi connectivity index (χ1) is 19.9. The molecule has 0 bridgehead atoms. The summed E-state index contributed by atoms with van der Waals surface area (Å²) in [6.45, 7) is 0. The molecule has 4 N–H and O–H groups in total. The van der Waals surface area contributed by atoms with E-state index < -0.39 is 39.7 Å². The van der Waals surface area contributed by atoms with Crippen molar-refractivity contribution in [3.8, 4) is 5.75 Å². The highest BCUT2D eigenvalue weighted by atomic mass is 35.5. The Morgan fingerprint density at radius 1 is 1.10 bits per heavy atom. The molecule has 1 saturated heterocycles. The number of primary amides is 1. The third-order valence-corrected chi connectivity index (χ3v) is 9.57. The van der Waals surface area contributed by atoms with Crippen LogP contribution in [-0.2, 0) is 19.4 Å². The Kier molecular flexibility index (Phi) is 10.6. The molecule has 1 heterocycles. The number of urea groups is 1. The first-order valence-electron chi connectivity index (χ1n) is 13.6. The summed E-state index contributed by atoms with van der Waals surface area (Å²) in [4.78, 5) is 38.9. The molecule has 2 aromatic rings. The summed E-state index contributed by atoms with van der Waals surface area (Å²) in [7, 11) is -3.11. The fraction of sp³-hybridized carbons (Fsp3) is 0.464. The van der Waals surface area contributed by atoms with Gasteiger partial charge in [-0.3, -0.25) is 9.59 Å². The van der Waals surface area contributed by atoms with Gasteiger partial charge in [-0.25, -0.2) is 17.6 Å². The van der Waals surface area contributed by atoms with Gasteiger partial charge in [0.25, 0.3) is 0 Å². The van der Waals surface area contributed by atoms with E-state index in [4.69, 9.17) is 22.1 Å². The molecule has 14 heteroatoms. The molecule has 2 fully saturated rings. The molecule has 4 rings (SSSR count). The number of nitrogens with zero attached hydrogens (tertiary/aromatic N) is 1. The summed E-state index contributed by atoms with van der Waals surface area (Å²) < 4.78 is 44.5. The summed E-state index contributed by atoms with van der Waals surface area (Å²) in [5.41, 5.74) is 6.35. The molecule has 0 unspecified atom stereocenters. The molecule has 2 aliphatic rings. The second kappa shape index (κ2) is 14.0. The van der Waals surface area contributed by atoms with Crippen molar-refractivity contribution in [3.05, 3.63) is 58.9 Å². The molecule has 10 nitrogen and oxygen atoms in total. The number of benzene rings is 2. The summed E-state index contributed by atoms with van der Waals surface area (Å²) in [5.74, 6) is -1.45. The number of ether oxygens (including phenoxy) is 1. The summed E-state index contributed by atoms with van der Waals surface area (Å²) in [6.07, 6.45) is 1.52. The number of anilines is 1. The highest BCUT2D eigenvalue weighted by Crippen LogP contribution is 2.35. The van der Waals surface area contributed by atoms with Crippen molar-refractivity contribution >= 4 is 57.6 Å². The number of amides is 4. The average Bonchev–Trinajstić information content (AvgIpc) is 3.50. The lowest BCUT2D eigenvalue weighted by atomic mass is 10.00. The van der Waals surface area contributed by atoms with E-state index in [2.05, 4.69) is 23.3 Å². The van der Waals surface area contributed by atoms with Crippen molar-refractivity contribution in [1.29, 1.82) is 0 Å². The first-order valence-corrected chi connectivity index (χ1v) is 16.5. The molecule has 4 atom stereocenters. The smallest absolute Gasteiger partial charge is 0.315 e. The third kappa shape index (κ3) is 8.51. The van der Waals surface area contributed by atoms with Crippen molar-refractivity contribution in [2.75, 3.05) is 22.2 Å². The van der Waals surface area contributed by atoms with Crippen LogP contribution in [0, 0.1) is 5.82 Å². The van der Waals surface area contributed by atoms with Crippen LogP contribution in [0.25, 0.3) is 0 Å². The quantitative estimate of drug-likeness (QED) is 0.276. The van der Waals surface area contributed by atoms with Crippen LogP contribution < -0.4 is 26.0 Å². The minimum Gasteiger partial charge on any atom is -0.487 e. The molecule has 0 aromatic heterocycles. The zero-order valence-corrected chi connectivity index (χ0v) is 25.3. The van der Waals surface area contributed by atoms with Crippen molar-refractivity contribution < 1.29 is 31.9 Å². The standard InChI is InChI=1S/C28H34ClFN4O6S2/c29-18-3-1-17(2-4-18)24(15-26(31)35)34(27(36)9-11-41)21-6-8-25(23(30)14-21)40-22-7-5-19(13-22)32-28(37)33-20-10-12-42(38,39)16-20/h1-4,6,8,14,19-20,22,24,41H,5,7,9-13,15-16H2,(H2,31,35)(H2,32,33,37)/t19-,20-,22-,24+/m1/s1.